The van der Waals surface area contributed by atoms with Crippen LogP contribution in [0.25, 0.3) is 0 Å². The molecule has 0 unspecified atom stereocenters. The minimum absolute atomic E-state index is 0.136. The van der Waals surface area contributed by atoms with E-state index in [1.54, 1.807) is 0 Å². The fourth-order valence-corrected chi connectivity index (χ4v) is 5.61. The smallest absolute Gasteiger partial charge is 0.273 e. The van der Waals surface area contributed by atoms with Crippen molar-refractivity contribution in [3.63, 3.8) is 0 Å². The second kappa shape index (κ2) is 14.3. The highest BCUT2D eigenvalue weighted by molar-refractivity contribution is 9.10. The van der Waals surface area contributed by atoms with Gasteiger partial charge in [-0.1, -0.05) is 88.4 Å². The number of amides is 1. The van der Waals surface area contributed by atoms with Crippen LogP contribution in [-0.4, -0.2) is 65.1 Å². The van der Waals surface area contributed by atoms with Crippen LogP contribution in [-0.2, 0) is 13.0 Å². The molecule has 0 bridgehead atoms. The lowest BCUT2D eigenvalue weighted by atomic mass is 10.1. The van der Waals surface area contributed by atoms with E-state index in [9.17, 15) is 4.79 Å². The van der Waals surface area contributed by atoms with Crippen molar-refractivity contribution in [3.05, 3.63) is 73.9 Å². The standard InChI is InChI=1S/C28H35BrCl2N6O/c1-2-9-25-27(33-34-37(25)20-21-10-4-5-11-22(21)29)28(38)32-14-6-3-7-15-35-16-18-36(19-17-35)24-13-8-12-23(30)26(24)31/h4-5,8,10-13H,2-3,6-7,9,14-20H2,1H3,(H,32,38). The fraction of sp³-hybridized carbons (Fsp3) is 0.464. The summed E-state index contributed by atoms with van der Waals surface area (Å²) in [7, 11) is 0. The molecule has 2 heterocycles. The van der Waals surface area contributed by atoms with Crippen molar-refractivity contribution in [3.8, 4) is 0 Å². The number of hydrogen-bond donors (Lipinski definition) is 1. The van der Waals surface area contributed by atoms with Crippen LogP contribution in [0, 0.1) is 0 Å². The summed E-state index contributed by atoms with van der Waals surface area (Å²) >= 11 is 16.2. The Kier molecular flexibility index (Phi) is 10.9. The number of nitrogens with zero attached hydrogens (tertiary/aromatic N) is 5. The molecule has 4 rings (SSSR count). The minimum atomic E-state index is -0.136. The number of nitrogens with one attached hydrogen (secondary N) is 1. The monoisotopic (exact) mass is 620 g/mol. The maximum Gasteiger partial charge on any atom is 0.273 e. The molecular weight excluding hydrogens is 587 g/mol. The Hall–Kier alpha value is -2.13. The molecule has 0 radical (unpaired) electrons. The molecule has 0 spiro atoms. The summed E-state index contributed by atoms with van der Waals surface area (Å²) in [5.74, 6) is -0.136. The molecule has 204 valence electrons. The number of aromatic nitrogens is 3. The van der Waals surface area contributed by atoms with Gasteiger partial charge >= 0.3 is 0 Å². The number of rotatable bonds is 12. The number of benzene rings is 2. The molecule has 7 nitrogen and oxygen atoms in total. The molecule has 1 aliphatic heterocycles. The molecule has 1 saturated heterocycles. The fourth-order valence-electron chi connectivity index (χ4n) is 4.78. The normalized spacial score (nSPS) is 14.2. The zero-order valence-corrected chi connectivity index (χ0v) is 24.9. The van der Waals surface area contributed by atoms with Crippen LogP contribution in [0.3, 0.4) is 0 Å². The molecule has 0 saturated carbocycles. The van der Waals surface area contributed by atoms with Gasteiger partial charge in [0.15, 0.2) is 5.69 Å². The van der Waals surface area contributed by atoms with E-state index in [0.29, 0.717) is 28.8 Å². The van der Waals surface area contributed by atoms with Crippen molar-refractivity contribution in [2.75, 3.05) is 44.2 Å². The Morgan fingerprint density at radius 1 is 1.03 bits per heavy atom. The largest absolute Gasteiger partial charge is 0.368 e. The van der Waals surface area contributed by atoms with Crippen LogP contribution < -0.4 is 10.2 Å². The van der Waals surface area contributed by atoms with Gasteiger partial charge in [0.2, 0.25) is 0 Å². The van der Waals surface area contributed by atoms with E-state index in [0.717, 1.165) is 86.2 Å². The first-order chi connectivity index (χ1) is 18.5. The van der Waals surface area contributed by atoms with E-state index < -0.39 is 0 Å². The number of unbranched alkanes of at least 4 members (excludes halogenated alkanes) is 2. The highest BCUT2D eigenvalue weighted by atomic mass is 79.9. The minimum Gasteiger partial charge on any atom is -0.368 e. The number of anilines is 1. The average Bonchev–Trinajstić information content (AvgIpc) is 3.31. The van der Waals surface area contributed by atoms with Gasteiger partial charge in [0, 0.05) is 37.2 Å². The summed E-state index contributed by atoms with van der Waals surface area (Å²) in [5, 5.41) is 12.8. The van der Waals surface area contributed by atoms with E-state index in [1.165, 1.54) is 0 Å². The van der Waals surface area contributed by atoms with E-state index in [4.69, 9.17) is 23.2 Å². The first-order valence-corrected chi connectivity index (χ1v) is 14.9. The zero-order chi connectivity index (χ0) is 26.9. The summed E-state index contributed by atoms with van der Waals surface area (Å²) in [6.45, 7) is 8.29. The summed E-state index contributed by atoms with van der Waals surface area (Å²) in [6.07, 6.45) is 4.80. The van der Waals surface area contributed by atoms with Gasteiger partial charge in [-0.05, 0) is 49.6 Å². The number of hydrogen-bond acceptors (Lipinski definition) is 5. The van der Waals surface area contributed by atoms with Gasteiger partial charge in [0.1, 0.15) is 0 Å². The quantitative estimate of drug-likeness (QED) is 0.249. The third-order valence-electron chi connectivity index (χ3n) is 6.90. The number of halogens is 3. The van der Waals surface area contributed by atoms with Crippen LogP contribution in [0.2, 0.25) is 10.0 Å². The molecule has 1 aromatic heterocycles. The van der Waals surface area contributed by atoms with Crippen molar-refractivity contribution >= 4 is 50.7 Å². The lowest BCUT2D eigenvalue weighted by Gasteiger charge is -2.36. The second-order valence-electron chi connectivity index (χ2n) is 9.60. The summed E-state index contributed by atoms with van der Waals surface area (Å²) in [5.41, 5.74) is 3.46. The Labute approximate surface area is 243 Å². The highest BCUT2D eigenvalue weighted by Crippen LogP contribution is 2.32. The van der Waals surface area contributed by atoms with Crippen molar-refractivity contribution in [2.24, 2.45) is 0 Å². The topological polar surface area (TPSA) is 66.3 Å². The van der Waals surface area contributed by atoms with E-state index in [-0.39, 0.29) is 5.91 Å². The zero-order valence-electron chi connectivity index (χ0n) is 21.8. The summed E-state index contributed by atoms with van der Waals surface area (Å²) in [6, 6.07) is 13.9. The third-order valence-corrected chi connectivity index (χ3v) is 8.48. The Morgan fingerprint density at radius 2 is 1.82 bits per heavy atom. The molecule has 38 heavy (non-hydrogen) atoms. The van der Waals surface area contributed by atoms with Gasteiger partial charge in [-0.25, -0.2) is 4.68 Å². The van der Waals surface area contributed by atoms with Crippen LogP contribution in [0.1, 0.15) is 54.4 Å². The molecule has 10 heteroatoms. The first-order valence-electron chi connectivity index (χ1n) is 13.3. The van der Waals surface area contributed by atoms with Crippen molar-refractivity contribution in [1.29, 1.82) is 0 Å². The van der Waals surface area contributed by atoms with Crippen LogP contribution in [0.4, 0.5) is 5.69 Å². The van der Waals surface area contributed by atoms with E-state index >= 15 is 0 Å². The van der Waals surface area contributed by atoms with Crippen LogP contribution >= 0.6 is 39.1 Å². The van der Waals surface area contributed by atoms with Gasteiger partial charge in [-0.15, -0.1) is 5.10 Å². The molecule has 3 aromatic rings. The number of carbonyl (C=O) groups excluding carboxylic acids is 1. The predicted octanol–water partition coefficient (Wildman–Crippen LogP) is 6.07. The van der Waals surface area contributed by atoms with Crippen LogP contribution in [0.5, 0.6) is 0 Å². The second-order valence-corrected chi connectivity index (χ2v) is 11.2. The molecule has 2 aromatic carbocycles. The van der Waals surface area contributed by atoms with Gasteiger partial charge in [0.25, 0.3) is 5.91 Å². The lowest BCUT2D eigenvalue weighted by Crippen LogP contribution is -2.46. The first kappa shape index (κ1) is 28.9. The van der Waals surface area contributed by atoms with Gasteiger partial charge in [-0.3, -0.25) is 9.69 Å². The SMILES string of the molecule is CCCc1c(C(=O)NCCCCCN2CCN(c3cccc(Cl)c3Cl)CC2)nnn1Cc1ccccc1Br. The van der Waals surface area contributed by atoms with E-state index in [2.05, 4.69) is 54.3 Å². The summed E-state index contributed by atoms with van der Waals surface area (Å²) < 4.78 is 2.87. The molecule has 1 aliphatic rings. The van der Waals surface area contributed by atoms with Gasteiger partial charge in [-0.2, -0.15) is 0 Å². The van der Waals surface area contributed by atoms with E-state index in [1.807, 2.05) is 41.1 Å². The molecule has 0 aliphatic carbocycles. The third kappa shape index (κ3) is 7.50. The molecule has 0 atom stereocenters. The van der Waals surface area contributed by atoms with Gasteiger partial charge < -0.3 is 10.2 Å². The maximum absolute atomic E-state index is 12.9. The Balaban J connectivity index is 1.17. The lowest BCUT2D eigenvalue weighted by molar-refractivity contribution is 0.0946. The number of carbonyl (C=O) groups is 1. The molecule has 1 N–H and O–H groups in total. The number of piperazine rings is 1. The van der Waals surface area contributed by atoms with Crippen molar-refractivity contribution < 1.29 is 4.79 Å². The highest BCUT2D eigenvalue weighted by Gasteiger charge is 2.21. The molecule has 1 amide bonds. The Bertz CT molecular complexity index is 1210. The molecular formula is C28H35BrCl2N6O. The van der Waals surface area contributed by atoms with Crippen molar-refractivity contribution in [1.82, 2.24) is 25.2 Å². The maximum atomic E-state index is 12.9. The molecule has 1 fully saturated rings. The summed E-state index contributed by atoms with van der Waals surface area (Å²) in [4.78, 5) is 17.7. The Morgan fingerprint density at radius 3 is 2.58 bits per heavy atom. The van der Waals surface area contributed by atoms with Gasteiger partial charge in [0.05, 0.1) is 28.0 Å². The predicted molar refractivity (Wildman–Crippen MR) is 159 cm³/mol. The average molecular weight is 622 g/mol. The van der Waals surface area contributed by atoms with Crippen molar-refractivity contribution in [2.45, 2.75) is 45.6 Å². The van der Waals surface area contributed by atoms with Crippen LogP contribution in [0.15, 0.2) is 46.9 Å².